The highest BCUT2D eigenvalue weighted by Crippen LogP contribution is 2.16. The Morgan fingerprint density at radius 2 is 1.67 bits per heavy atom. The van der Waals surface area contributed by atoms with Crippen molar-refractivity contribution in [3.63, 3.8) is 0 Å². The van der Waals surface area contributed by atoms with Crippen LogP contribution in [-0.4, -0.2) is 35.0 Å². The zero-order chi connectivity index (χ0) is 27.8. The summed E-state index contributed by atoms with van der Waals surface area (Å²) in [5.41, 5.74) is 3.58. The fraction of sp³-hybridized carbons (Fsp3) is 0.138. The van der Waals surface area contributed by atoms with E-state index in [0.29, 0.717) is 12.1 Å². The number of esters is 2. The second kappa shape index (κ2) is 12.6. The monoisotopic (exact) mass is 543 g/mol. The molecule has 4 rings (SSSR count). The summed E-state index contributed by atoms with van der Waals surface area (Å²) in [7, 11) is 1.94. The number of hydrogen-bond donors (Lipinski definition) is 0. The Hall–Kier alpha value is -4.83. The van der Waals surface area contributed by atoms with Crippen LogP contribution in [0.4, 0.5) is 4.79 Å². The fourth-order valence-electron chi connectivity index (χ4n) is 3.51. The van der Waals surface area contributed by atoms with Gasteiger partial charge < -0.3 is 18.8 Å². The van der Waals surface area contributed by atoms with Crippen LogP contribution in [0.5, 0.6) is 5.75 Å². The number of aryl methyl sites for hydroxylation is 1. The maximum absolute atomic E-state index is 12.3. The van der Waals surface area contributed by atoms with Crippen LogP contribution in [-0.2, 0) is 27.7 Å². The maximum Gasteiger partial charge on any atom is 0.521 e. The fourth-order valence-corrected chi connectivity index (χ4v) is 4.47. The summed E-state index contributed by atoms with van der Waals surface area (Å²) in [6.45, 7) is 5.35. The maximum atomic E-state index is 12.3. The number of para-hydroxylation sites is 1. The van der Waals surface area contributed by atoms with E-state index in [2.05, 4.69) is 16.8 Å². The van der Waals surface area contributed by atoms with E-state index in [1.54, 1.807) is 47.7 Å². The standard InChI is InChI=1S/C29H25N3O6S/c1-4-26(33)36-18-17-20-9-11-22(12-10-20)27(34)38-29(35)37-23-15-13-21(14-16-23)19(2)30-31-28-32(3)24-7-5-6-8-25(24)39-28/h4-16H,1,17-18H2,2-3H3. The summed E-state index contributed by atoms with van der Waals surface area (Å²) in [4.78, 5) is 36.3. The van der Waals surface area contributed by atoms with Crippen molar-refractivity contribution in [1.29, 1.82) is 0 Å². The number of benzene rings is 3. The molecule has 0 saturated carbocycles. The topological polar surface area (TPSA) is 109 Å². The predicted molar refractivity (Wildman–Crippen MR) is 148 cm³/mol. The van der Waals surface area contributed by atoms with Crippen molar-refractivity contribution in [1.82, 2.24) is 4.57 Å². The molecule has 1 heterocycles. The van der Waals surface area contributed by atoms with Crippen LogP contribution in [0, 0.1) is 0 Å². The Labute approximate surface area is 228 Å². The predicted octanol–water partition coefficient (Wildman–Crippen LogP) is 5.19. The third kappa shape index (κ3) is 7.14. The summed E-state index contributed by atoms with van der Waals surface area (Å²) >= 11 is 1.55. The highest BCUT2D eigenvalue weighted by Gasteiger charge is 2.15. The first-order valence-corrected chi connectivity index (χ1v) is 12.7. The molecular weight excluding hydrogens is 518 g/mol. The van der Waals surface area contributed by atoms with Gasteiger partial charge in [0, 0.05) is 19.5 Å². The van der Waals surface area contributed by atoms with Gasteiger partial charge in [-0.25, -0.2) is 14.4 Å². The largest absolute Gasteiger partial charge is 0.521 e. The molecule has 0 bridgehead atoms. The van der Waals surface area contributed by atoms with Gasteiger partial charge in [-0.2, -0.15) is 5.10 Å². The van der Waals surface area contributed by atoms with Crippen molar-refractivity contribution in [2.75, 3.05) is 6.61 Å². The summed E-state index contributed by atoms with van der Waals surface area (Å²) < 4.78 is 17.9. The quantitative estimate of drug-likeness (QED) is 0.0756. The van der Waals surface area contributed by atoms with Gasteiger partial charge in [-0.1, -0.05) is 42.2 Å². The van der Waals surface area contributed by atoms with E-state index in [-0.39, 0.29) is 17.9 Å². The zero-order valence-corrected chi connectivity index (χ0v) is 22.1. The molecule has 0 radical (unpaired) electrons. The minimum Gasteiger partial charge on any atom is -0.462 e. The van der Waals surface area contributed by atoms with Crippen molar-refractivity contribution < 1.29 is 28.6 Å². The number of aromatic nitrogens is 1. The van der Waals surface area contributed by atoms with Gasteiger partial charge in [-0.05, 0) is 66.6 Å². The Morgan fingerprint density at radius 1 is 0.974 bits per heavy atom. The van der Waals surface area contributed by atoms with Crippen molar-refractivity contribution >= 4 is 45.4 Å². The third-order valence-corrected chi connectivity index (χ3v) is 6.74. The highest BCUT2D eigenvalue weighted by molar-refractivity contribution is 7.16. The Morgan fingerprint density at radius 3 is 2.36 bits per heavy atom. The lowest BCUT2D eigenvalue weighted by molar-refractivity contribution is -0.137. The molecule has 0 spiro atoms. The molecule has 0 N–H and O–H groups in total. The molecule has 0 amide bonds. The SMILES string of the molecule is C=CC(=O)OCCc1ccc(C(=O)OC(=O)Oc2ccc(C(C)=NN=c3sc4ccccc4n3C)cc2)cc1. The molecule has 0 fully saturated rings. The van der Waals surface area contributed by atoms with E-state index < -0.39 is 18.1 Å². The molecule has 0 unspecified atom stereocenters. The highest BCUT2D eigenvalue weighted by atomic mass is 32.1. The molecule has 0 aliphatic rings. The van der Waals surface area contributed by atoms with Crippen molar-refractivity contribution in [3.8, 4) is 5.75 Å². The number of hydrogen-bond acceptors (Lipinski definition) is 9. The average molecular weight is 544 g/mol. The summed E-state index contributed by atoms with van der Waals surface area (Å²) in [5.74, 6) is -1.14. The van der Waals surface area contributed by atoms with Crippen LogP contribution in [0.1, 0.15) is 28.4 Å². The smallest absolute Gasteiger partial charge is 0.462 e. The number of carbonyl (C=O) groups excluding carboxylic acids is 3. The number of thiazole rings is 1. The van der Waals surface area contributed by atoms with Gasteiger partial charge in [0.1, 0.15) is 5.75 Å². The molecule has 4 aromatic rings. The normalized spacial score (nSPS) is 11.7. The molecule has 0 aliphatic heterocycles. The van der Waals surface area contributed by atoms with Crippen LogP contribution in [0.15, 0.2) is 95.7 Å². The summed E-state index contributed by atoms with van der Waals surface area (Å²) in [5, 5.41) is 8.73. The van der Waals surface area contributed by atoms with E-state index in [1.807, 2.05) is 42.8 Å². The lowest BCUT2D eigenvalue weighted by Gasteiger charge is -2.06. The molecule has 3 aromatic carbocycles. The van der Waals surface area contributed by atoms with E-state index in [1.165, 1.54) is 12.1 Å². The Kier molecular flexibility index (Phi) is 8.80. The number of carbonyl (C=O) groups is 3. The third-order valence-electron chi connectivity index (χ3n) is 5.64. The molecule has 0 atom stereocenters. The molecule has 39 heavy (non-hydrogen) atoms. The molecule has 10 heteroatoms. The van der Waals surface area contributed by atoms with Crippen molar-refractivity contribution in [2.45, 2.75) is 13.3 Å². The van der Waals surface area contributed by atoms with Crippen LogP contribution >= 0.6 is 11.3 Å². The van der Waals surface area contributed by atoms with E-state index in [4.69, 9.17) is 14.2 Å². The van der Waals surface area contributed by atoms with Gasteiger partial charge in [0.25, 0.3) is 0 Å². The second-order valence-electron chi connectivity index (χ2n) is 8.28. The Balaban J connectivity index is 1.31. The van der Waals surface area contributed by atoms with Crippen LogP contribution < -0.4 is 9.54 Å². The molecular formula is C29H25N3O6S. The van der Waals surface area contributed by atoms with Gasteiger partial charge in [-0.3, -0.25) is 0 Å². The van der Waals surface area contributed by atoms with Gasteiger partial charge in [0.15, 0.2) is 0 Å². The molecule has 0 saturated heterocycles. The van der Waals surface area contributed by atoms with Crippen LogP contribution in [0.3, 0.4) is 0 Å². The molecule has 1 aromatic heterocycles. The van der Waals surface area contributed by atoms with Crippen LogP contribution in [0.2, 0.25) is 0 Å². The minimum atomic E-state index is -1.15. The van der Waals surface area contributed by atoms with Crippen molar-refractivity contribution in [2.24, 2.45) is 17.3 Å². The molecule has 9 nitrogen and oxygen atoms in total. The van der Waals surface area contributed by atoms with E-state index in [0.717, 1.165) is 32.2 Å². The van der Waals surface area contributed by atoms with Gasteiger partial charge in [0.2, 0.25) is 4.80 Å². The number of nitrogens with zero attached hydrogens (tertiary/aromatic N) is 3. The lowest BCUT2D eigenvalue weighted by Crippen LogP contribution is -2.16. The number of rotatable bonds is 8. The first kappa shape index (κ1) is 27.2. The van der Waals surface area contributed by atoms with Gasteiger partial charge >= 0.3 is 18.1 Å². The van der Waals surface area contributed by atoms with Crippen LogP contribution in [0.25, 0.3) is 10.2 Å². The van der Waals surface area contributed by atoms with E-state index in [9.17, 15) is 14.4 Å². The summed E-state index contributed by atoms with van der Waals surface area (Å²) in [6, 6.07) is 21.0. The molecule has 198 valence electrons. The summed E-state index contributed by atoms with van der Waals surface area (Å²) in [6.07, 6.45) is 0.410. The first-order valence-electron chi connectivity index (χ1n) is 11.9. The minimum absolute atomic E-state index is 0.178. The Bertz CT molecular complexity index is 1620. The van der Waals surface area contributed by atoms with E-state index >= 15 is 0 Å². The number of fused-ring (bicyclic) bond motifs is 1. The zero-order valence-electron chi connectivity index (χ0n) is 21.3. The number of ether oxygens (including phenoxy) is 3. The lowest BCUT2D eigenvalue weighted by atomic mass is 10.1. The van der Waals surface area contributed by atoms with Gasteiger partial charge in [0.05, 0.1) is 28.1 Å². The van der Waals surface area contributed by atoms with Gasteiger partial charge in [-0.15, -0.1) is 5.10 Å². The average Bonchev–Trinajstić information content (AvgIpc) is 3.27. The van der Waals surface area contributed by atoms with Crippen molar-refractivity contribution in [3.05, 3.63) is 107 Å². The second-order valence-corrected chi connectivity index (χ2v) is 9.29. The first-order chi connectivity index (χ1) is 18.8. The molecule has 0 aliphatic carbocycles.